The molecular weight excluding hydrogens is 402 g/mol. The van der Waals surface area contributed by atoms with E-state index in [1.807, 2.05) is 20.8 Å². The van der Waals surface area contributed by atoms with E-state index in [1.54, 1.807) is 42.6 Å². The van der Waals surface area contributed by atoms with Crippen LogP contribution in [0.2, 0.25) is 0 Å². The maximum Gasteiger partial charge on any atom is 0.242 e. The van der Waals surface area contributed by atoms with Gasteiger partial charge in [0, 0.05) is 11.3 Å². The van der Waals surface area contributed by atoms with Gasteiger partial charge in [-0.3, -0.25) is 4.79 Å². The Labute approximate surface area is 176 Å². The first-order valence-electron chi connectivity index (χ1n) is 9.63. The summed E-state index contributed by atoms with van der Waals surface area (Å²) in [6, 6.07) is 12.7. The molecule has 0 saturated carbocycles. The van der Waals surface area contributed by atoms with Crippen LogP contribution in [-0.2, 0) is 14.8 Å². The van der Waals surface area contributed by atoms with Crippen molar-refractivity contribution in [3.63, 3.8) is 0 Å². The van der Waals surface area contributed by atoms with Crippen LogP contribution in [0.4, 0.5) is 5.69 Å². The number of hydrogen-bond donors (Lipinski definition) is 2. The molecule has 3 aromatic rings. The third-order valence-corrected chi connectivity index (χ3v) is 6.01. The van der Waals surface area contributed by atoms with Crippen molar-refractivity contribution in [3.8, 4) is 11.3 Å². The first-order valence-corrected chi connectivity index (χ1v) is 11.1. The summed E-state index contributed by atoms with van der Waals surface area (Å²) in [6.07, 6.45) is 3.32. The predicted octanol–water partition coefficient (Wildman–Crippen LogP) is 3.98. The van der Waals surface area contributed by atoms with Gasteiger partial charge < -0.3 is 9.73 Å². The molecular formula is C22H25N3O4S. The number of amides is 1. The highest BCUT2D eigenvalue weighted by Crippen LogP contribution is 2.21. The fraction of sp³-hybridized carbons (Fsp3) is 0.273. The van der Waals surface area contributed by atoms with E-state index in [-0.39, 0.29) is 10.8 Å². The Balaban J connectivity index is 1.74. The second kappa shape index (κ2) is 9.23. The van der Waals surface area contributed by atoms with E-state index < -0.39 is 22.0 Å². The molecule has 1 aromatic heterocycles. The van der Waals surface area contributed by atoms with E-state index in [2.05, 4.69) is 15.0 Å². The van der Waals surface area contributed by atoms with E-state index >= 15 is 0 Å². The van der Waals surface area contributed by atoms with Crippen LogP contribution in [0.25, 0.3) is 11.3 Å². The highest BCUT2D eigenvalue weighted by Gasteiger charge is 2.26. The van der Waals surface area contributed by atoms with Gasteiger partial charge in [0.15, 0.2) is 12.2 Å². The summed E-state index contributed by atoms with van der Waals surface area (Å²) < 4.78 is 33.3. The topological polar surface area (TPSA) is 101 Å². The Morgan fingerprint density at radius 3 is 2.30 bits per heavy atom. The lowest BCUT2D eigenvalue weighted by atomic mass is 10.0. The van der Waals surface area contributed by atoms with E-state index in [1.165, 1.54) is 18.5 Å². The number of hydrogen-bond acceptors (Lipinski definition) is 5. The zero-order chi connectivity index (χ0) is 21.7. The summed E-state index contributed by atoms with van der Waals surface area (Å²) in [5, 5.41) is 2.79. The molecule has 0 spiro atoms. The van der Waals surface area contributed by atoms with Crippen LogP contribution >= 0.6 is 0 Å². The van der Waals surface area contributed by atoms with Crippen LogP contribution in [-0.4, -0.2) is 25.4 Å². The van der Waals surface area contributed by atoms with Crippen LogP contribution in [0.15, 0.2) is 70.4 Å². The van der Waals surface area contributed by atoms with Crippen molar-refractivity contribution in [2.75, 3.05) is 5.32 Å². The lowest BCUT2D eigenvalue weighted by molar-refractivity contribution is -0.118. The molecule has 0 aliphatic heterocycles. The Morgan fingerprint density at radius 2 is 1.73 bits per heavy atom. The predicted molar refractivity (Wildman–Crippen MR) is 115 cm³/mol. The number of aromatic nitrogens is 1. The Kier molecular flexibility index (Phi) is 6.69. The number of aryl methyl sites for hydroxylation is 1. The average molecular weight is 428 g/mol. The summed E-state index contributed by atoms with van der Waals surface area (Å²) in [4.78, 5) is 16.9. The molecule has 3 rings (SSSR count). The maximum absolute atomic E-state index is 12.9. The SMILES string of the molecule is Cc1ccc(S(=O)(=O)NC(CC(C)C)C(=O)Nc2ccc(-c3cnco3)cc2)cc1. The molecule has 1 amide bonds. The molecule has 1 heterocycles. The van der Waals surface area contributed by atoms with E-state index in [9.17, 15) is 13.2 Å². The Bertz CT molecular complexity index is 1070. The van der Waals surface area contributed by atoms with Gasteiger partial charge in [-0.05, 0) is 55.7 Å². The lowest BCUT2D eigenvalue weighted by Crippen LogP contribution is -2.44. The normalized spacial score (nSPS) is 12.7. The quantitative estimate of drug-likeness (QED) is 0.566. The Morgan fingerprint density at radius 1 is 1.07 bits per heavy atom. The third kappa shape index (κ3) is 5.55. The molecule has 0 radical (unpaired) electrons. The average Bonchev–Trinajstić information content (AvgIpc) is 3.22. The molecule has 30 heavy (non-hydrogen) atoms. The second-order valence-corrected chi connectivity index (χ2v) is 9.26. The summed E-state index contributed by atoms with van der Waals surface area (Å²) in [5.74, 6) is 0.332. The smallest absolute Gasteiger partial charge is 0.242 e. The van der Waals surface area contributed by atoms with Crippen molar-refractivity contribution in [2.24, 2.45) is 5.92 Å². The number of carbonyl (C=O) groups is 1. The number of rotatable bonds is 8. The number of carbonyl (C=O) groups excluding carboxylic acids is 1. The monoisotopic (exact) mass is 427 g/mol. The fourth-order valence-corrected chi connectivity index (χ4v) is 4.17. The molecule has 0 fully saturated rings. The molecule has 1 unspecified atom stereocenters. The van der Waals surface area contributed by atoms with Crippen LogP contribution in [0, 0.1) is 12.8 Å². The van der Waals surface area contributed by atoms with Crippen LogP contribution < -0.4 is 10.0 Å². The fourth-order valence-electron chi connectivity index (χ4n) is 2.96. The van der Waals surface area contributed by atoms with Gasteiger partial charge in [0.25, 0.3) is 0 Å². The molecule has 8 heteroatoms. The van der Waals surface area contributed by atoms with Gasteiger partial charge in [-0.15, -0.1) is 0 Å². The summed E-state index contributed by atoms with van der Waals surface area (Å²) in [6.45, 7) is 5.76. The molecule has 1 atom stereocenters. The van der Waals surface area contributed by atoms with Crippen molar-refractivity contribution < 1.29 is 17.6 Å². The first-order chi connectivity index (χ1) is 14.2. The number of nitrogens with zero attached hydrogens (tertiary/aromatic N) is 1. The minimum Gasteiger partial charge on any atom is -0.444 e. The van der Waals surface area contributed by atoms with Crippen molar-refractivity contribution >= 4 is 21.6 Å². The zero-order valence-electron chi connectivity index (χ0n) is 17.1. The third-order valence-electron chi connectivity index (χ3n) is 4.52. The summed E-state index contributed by atoms with van der Waals surface area (Å²) in [7, 11) is -3.83. The van der Waals surface area contributed by atoms with Gasteiger partial charge >= 0.3 is 0 Å². The zero-order valence-corrected chi connectivity index (χ0v) is 17.9. The highest BCUT2D eigenvalue weighted by molar-refractivity contribution is 7.89. The largest absolute Gasteiger partial charge is 0.444 e. The first kappa shape index (κ1) is 21.7. The molecule has 0 aliphatic carbocycles. The summed E-state index contributed by atoms with van der Waals surface area (Å²) in [5.41, 5.74) is 2.34. The van der Waals surface area contributed by atoms with E-state index in [0.717, 1.165) is 11.1 Å². The highest BCUT2D eigenvalue weighted by atomic mass is 32.2. The minimum absolute atomic E-state index is 0.121. The van der Waals surface area contributed by atoms with E-state index in [4.69, 9.17) is 4.42 Å². The van der Waals surface area contributed by atoms with Crippen LogP contribution in [0.3, 0.4) is 0 Å². The van der Waals surface area contributed by atoms with Gasteiger partial charge in [0.05, 0.1) is 11.1 Å². The van der Waals surface area contributed by atoms with Crippen LogP contribution in [0.1, 0.15) is 25.8 Å². The van der Waals surface area contributed by atoms with Crippen molar-refractivity contribution in [2.45, 2.75) is 38.1 Å². The maximum atomic E-state index is 12.9. The molecule has 0 aliphatic rings. The second-order valence-electron chi connectivity index (χ2n) is 7.55. The molecule has 2 N–H and O–H groups in total. The van der Waals surface area contributed by atoms with Gasteiger partial charge in [0.1, 0.15) is 6.04 Å². The Hall–Kier alpha value is -2.97. The molecule has 158 valence electrons. The number of sulfonamides is 1. The number of oxazole rings is 1. The minimum atomic E-state index is -3.83. The van der Waals surface area contributed by atoms with Crippen molar-refractivity contribution in [1.82, 2.24) is 9.71 Å². The van der Waals surface area contributed by atoms with E-state index in [0.29, 0.717) is 17.9 Å². The van der Waals surface area contributed by atoms with Gasteiger partial charge in [-0.2, -0.15) is 4.72 Å². The van der Waals surface area contributed by atoms with Crippen molar-refractivity contribution in [3.05, 3.63) is 66.7 Å². The number of anilines is 1. The van der Waals surface area contributed by atoms with Gasteiger partial charge in [-0.1, -0.05) is 31.5 Å². The number of benzene rings is 2. The van der Waals surface area contributed by atoms with Crippen LogP contribution in [0.5, 0.6) is 0 Å². The summed E-state index contributed by atoms with van der Waals surface area (Å²) >= 11 is 0. The molecule has 2 aromatic carbocycles. The standard InChI is InChI=1S/C22H25N3O4S/c1-15(2)12-20(25-30(27,28)19-10-4-16(3)5-11-19)22(26)24-18-8-6-17(7-9-18)21-13-23-14-29-21/h4-11,13-15,20,25H,12H2,1-3H3,(H,24,26). The van der Waals surface area contributed by atoms with Crippen molar-refractivity contribution in [1.29, 1.82) is 0 Å². The number of nitrogens with one attached hydrogen (secondary N) is 2. The molecule has 7 nitrogen and oxygen atoms in total. The molecule has 0 saturated heterocycles. The van der Waals surface area contributed by atoms with Gasteiger partial charge in [0.2, 0.25) is 15.9 Å². The van der Waals surface area contributed by atoms with Gasteiger partial charge in [-0.25, -0.2) is 13.4 Å². The molecule has 0 bridgehead atoms. The lowest BCUT2D eigenvalue weighted by Gasteiger charge is -2.20.